The largest absolute Gasteiger partial charge is 0.379 e. The summed E-state index contributed by atoms with van der Waals surface area (Å²) in [6.45, 7) is 3.29. The van der Waals surface area contributed by atoms with Crippen molar-refractivity contribution >= 4 is 17.5 Å². The van der Waals surface area contributed by atoms with Crippen LogP contribution in [0.4, 0.5) is 0 Å². The van der Waals surface area contributed by atoms with E-state index in [1.54, 1.807) is 18.2 Å². The van der Waals surface area contributed by atoms with Gasteiger partial charge >= 0.3 is 0 Å². The van der Waals surface area contributed by atoms with Crippen LogP contribution >= 0.6 is 11.6 Å². The van der Waals surface area contributed by atoms with Gasteiger partial charge in [0.15, 0.2) is 0 Å². The van der Waals surface area contributed by atoms with E-state index in [0.717, 1.165) is 19.4 Å². The molecule has 1 aliphatic rings. The second-order valence-corrected chi connectivity index (χ2v) is 4.90. The number of hydrogen-bond acceptors (Lipinski definition) is 3. The van der Waals surface area contributed by atoms with Gasteiger partial charge < -0.3 is 10.1 Å². The fourth-order valence-electron chi connectivity index (χ4n) is 1.91. The van der Waals surface area contributed by atoms with Gasteiger partial charge in [0.1, 0.15) is 10.8 Å². The Morgan fingerprint density at radius 3 is 3.06 bits per heavy atom. The van der Waals surface area contributed by atoms with Crippen molar-refractivity contribution in [3.8, 4) is 0 Å². The maximum Gasteiger partial charge on any atom is 0.270 e. The SMILES string of the molecule is CC1(NC(=O)c2cccc(Cl)n2)CCCOC1. The lowest BCUT2D eigenvalue weighted by Crippen LogP contribution is -2.51. The van der Waals surface area contributed by atoms with Gasteiger partial charge in [-0.3, -0.25) is 4.79 Å². The highest BCUT2D eigenvalue weighted by atomic mass is 35.5. The molecule has 0 saturated carbocycles. The standard InChI is InChI=1S/C12H15ClN2O2/c1-12(6-3-7-17-8-12)15-11(16)9-4-2-5-10(13)14-9/h2,4-5H,3,6-8H2,1H3,(H,15,16). The molecule has 0 aromatic carbocycles. The van der Waals surface area contributed by atoms with Gasteiger partial charge in [-0.25, -0.2) is 4.98 Å². The Kier molecular flexibility index (Phi) is 3.64. The fraction of sp³-hybridized carbons (Fsp3) is 0.500. The Morgan fingerprint density at radius 1 is 1.59 bits per heavy atom. The molecule has 1 atom stereocenters. The molecule has 1 unspecified atom stereocenters. The third-order valence-corrected chi connectivity index (χ3v) is 3.01. The Balaban J connectivity index is 2.06. The number of carbonyl (C=O) groups is 1. The Hall–Kier alpha value is -1.13. The highest BCUT2D eigenvalue weighted by molar-refractivity contribution is 6.29. The average molecular weight is 255 g/mol. The molecule has 4 nitrogen and oxygen atoms in total. The van der Waals surface area contributed by atoms with Crippen LogP contribution < -0.4 is 5.32 Å². The first-order chi connectivity index (χ1) is 8.09. The third-order valence-electron chi connectivity index (χ3n) is 2.80. The van der Waals surface area contributed by atoms with E-state index in [1.807, 2.05) is 6.92 Å². The van der Waals surface area contributed by atoms with Gasteiger partial charge in [0, 0.05) is 6.61 Å². The summed E-state index contributed by atoms with van der Waals surface area (Å²) in [6.07, 6.45) is 1.87. The lowest BCUT2D eigenvalue weighted by Gasteiger charge is -2.34. The van der Waals surface area contributed by atoms with Crippen molar-refractivity contribution in [1.82, 2.24) is 10.3 Å². The zero-order valence-corrected chi connectivity index (χ0v) is 10.5. The van der Waals surface area contributed by atoms with E-state index in [1.165, 1.54) is 0 Å². The van der Waals surface area contributed by atoms with Crippen LogP contribution in [-0.4, -0.2) is 29.6 Å². The molecular weight excluding hydrogens is 240 g/mol. The van der Waals surface area contributed by atoms with Crippen molar-refractivity contribution in [1.29, 1.82) is 0 Å². The summed E-state index contributed by atoms with van der Waals surface area (Å²) in [5.41, 5.74) is 0.0311. The molecule has 0 bridgehead atoms. The first kappa shape index (κ1) is 12.3. The number of hydrogen-bond donors (Lipinski definition) is 1. The number of halogens is 1. The van der Waals surface area contributed by atoms with Gasteiger partial charge in [-0.1, -0.05) is 17.7 Å². The van der Waals surface area contributed by atoms with Crippen molar-refractivity contribution in [3.05, 3.63) is 29.0 Å². The van der Waals surface area contributed by atoms with Crippen LogP contribution in [0.3, 0.4) is 0 Å². The summed E-state index contributed by atoms with van der Waals surface area (Å²) in [5.74, 6) is -0.208. The summed E-state index contributed by atoms with van der Waals surface area (Å²) < 4.78 is 5.38. The van der Waals surface area contributed by atoms with Crippen LogP contribution in [0.5, 0.6) is 0 Å². The van der Waals surface area contributed by atoms with E-state index in [9.17, 15) is 4.79 Å². The number of pyridine rings is 1. The van der Waals surface area contributed by atoms with Crippen molar-refractivity contribution in [2.45, 2.75) is 25.3 Å². The van der Waals surface area contributed by atoms with E-state index in [0.29, 0.717) is 17.5 Å². The molecule has 2 heterocycles. The van der Waals surface area contributed by atoms with Crippen molar-refractivity contribution in [2.24, 2.45) is 0 Å². The van der Waals surface area contributed by atoms with Crippen LogP contribution in [0.1, 0.15) is 30.3 Å². The fourth-order valence-corrected chi connectivity index (χ4v) is 2.07. The molecule has 1 saturated heterocycles. The molecule has 0 aliphatic carbocycles. The number of ether oxygens (including phenoxy) is 1. The Morgan fingerprint density at radius 2 is 2.41 bits per heavy atom. The van der Waals surface area contributed by atoms with Crippen molar-refractivity contribution in [2.75, 3.05) is 13.2 Å². The highest BCUT2D eigenvalue weighted by Crippen LogP contribution is 2.18. The molecule has 0 spiro atoms. The van der Waals surface area contributed by atoms with Gasteiger partial charge in [-0.15, -0.1) is 0 Å². The Bertz CT molecular complexity index is 417. The first-order valence-electron chi connectivity index (χ1n) is 5.62. The summed E-state index contributed by atoms with van der Waals surface area (Å²) in [6, 6.07) is 5.00. The van der Waals surface area contributed by atoms with Crippen LogP contribution in [-0.2, 0) is 4.74 Å². The topological polar surface area (TPSA) is 51.2 Å². The smallest absolute Gasteiger partial charge is 0.270 e. The number of nitrogens with one attached hydrogen (secondary N) is 1. The van der Waals surface area contributed by atoms with E-state index in [-0.39, 0.29) is 11.4 Å². The molecule has 1 aliphatic heterocycles. The number of carbonyl (C=O) groups excluding carboxylic acids is 1. The minimum Gasteiger partial charge on any atom is -0.379 e. The number of rotatable bonds is 2. The Labute approximate surface area is 105 Å². The van der Waals surface area contributed by atoms with E-state index < -0.39 is 0 Å². The van der Waals surface area contributed by atoms with Crippen LogP contribution in [0.25, 0.3) is 0 Å². The molecule has 2 rings (SSSR count). The predicted octanol–water partition coefficient (Wildman–Crippen LogP) is 2.03. The summed E-state index contributed by atoms with van der Waals surface area (Å²) in [7, 11) is 0. The van der Waals surface area contributed by atoms with Crippen LogP contribution in [0, 0.1) is 0 Å². The monoisotopic (exact) mass is 254 g/mol. The quantitative estimate of drug-likeness (QED) is 0.822. The van der Waals surface area contributed by atoms with Crippen molar-refractivity contribution < 1.29 is 9.53 Å². The average Bonchev–Trinajstić information content (AvgIpc) is 2.29. The van der Waals surface area contributed by atoms with E-state index in [4.69, 9.17) is 16.3 Å². The first-order valence-corrected chi connectivity index (χ1v) is 6.00. The lowest BCUT2D eigenvalue weighted by atomic mass is 9.95. The zero-order chi connectivity index (χ0) is 12.3. The maximum atomic E-state index is 12.0. The molecule has 1 aromatic heterocycles. The molecule has 0 radical (unpaired) electrons. The molecule has 17 heavy (non-hydrogen) atoms. The molecular formula is C12H15ClN2O2. The summed E-state index contributed by atoms with van der Waals surface area (Å²) in [4.78, 5) is 16.0. The maximum absolute atomic E-state index is 12.0. The molecule has 1 N–H and O–H groups in total. The molecule has 1 aromatic rings. The molecule has 5 heteroatoms. The highest BCUT2D eigenvalue weighted by Gasteiger charge is 2.29. The van der Waals surface area contributed by atoms with E-state index >= 15 is 0 Å². The zero-order valence-electron chi connectivity index (χ0n) is 9.70. The number of amides is 1. The van der Waals surface area contributed by atoms with Crippen LogP contribution in [0.15, 0.2) is 18.2 Å². The molecule has 1 amide bonds. The second kappa shape index (κ2) is 5.02. The van der Waals surface area contributed by atoms with Gasteiger partial charge in [-0.2, -0.15) is 0 Å². The van der Waals surface area contributed by atoms with Crippen LogP contribution in [0.2, 0.25) is 5.15 Å². The second-order valence-electron chi connectivity index (χ2n) is 4.52. The summed E-state index contributed by atoms with van der Waals surface area (Å²) in [5, 5.41) is 3.28. The summed E-state index contributed by atoms with van der Waals surface area (Å²) >= 11 is 5.75. The number of aromatic nitrogens is 1. The third kappa shape index (κ3) is 3.17. The van der Waals surface area contributed by atoms with Gasteiger partial charge in [0.25, 0.3) is 5.91 Å². The molecule has 92 valence electrons. The van der Waals surface area contributed by atoms with Gasteiger partial charge in [-0.05, 0) is 31.9 Å². The predicted molar refractivity (Wildman–Crippen MR) is 65.2 cm³/mol. The van der Waals surface area contributed by atoms with E-state index in [2.05, 4.69) is 10.3 Å². The normalized spacial score (nSPS) is 24.4. The molecule has 1 fully saturated rings. The number of nitrogens with zero attached hydrogens (tertiary/aromatic N) is 1. The van der Waals surface area contributed by atoms with Gasteiger partial charge in [0.05, 0.1) is 12.1 Å². The lowest BCUT2D eigenvalue weighted by molar-refractivity contribution is 0.0271. The van der Waals surface area contributed by atoms with Gasteiger partial charge in [0.2, 0.25) is 0 Å². The van der Waals surface area contributed by atoms with Crippen molar-refractivity contribution in [3.63, 3.8) is 0 Å². The minimum atomic E-state index is -0.306. The minimum absolute atomic E-state index is 0.208.